The summed E-state index contributed by atoms with van der Waals surface area (Å²) in [4.78, 5) is 8.42. The number of nitrogens with zero attached hydrogens (tertiary/aromatic N) is 2. The Morgan fingerprint density at radius 1 is 1.50 bits per heavy atom. The third-order valence-electron chi connectivity index (χ3n) is 1.59. The van der Waals surface area contributed by atoms with Crippen molar-refractivity contribution < 1.29 is 4.74 Å². The van der Waals surface area contributed by atoms with E-state index >= 15 is 0 Å². The number of aryl methyl sites for hydroxylation is 2. The molecule has 0 spiro atoms. The van der Waals surface area contributed by atoms with E-state index < -0.39 is 0 Å². The van der Waals surface area contributed by atoms with Gasteiger partial charge in [-0.1, -0.05) is 0 Å². The summed E-state index contributed by atoms with van der Waals surface area (Å²) in [6.07, 6.45) is 3.68. The molecular weight excluding hydrogens is 152 g/mol. The van der Waals surface area contributed by atoms with Crippen LogP contribution in [0.1, 0.15) is 17.9 Å². The number of aromatic nitrogens is 2. The molecule has 66 valence electrons. The van der Waals surface area contributed by atoms with Gasteiger partial charge in [-0.15, -0.1) is 0 Å². The molecule has 1 heterocycles. The first-order chi connectivity index (χ1) is 5.83. The molecular formula is C9H14N2O. The van der Waals surface area contributed by atoms with Gasteiger partial charge in [-0.05, 0) is 19.4 Å². The van der Waals surface area contributed by atoms with Crippen LogP contribution in [0.25, 0.3) is 0 Å². The lowest BCUT2D eigenvalue weighted by Gasteiger charge is -1.99. The summed E-state index contributed by atoms with van der Waals surface area (Å²) in [5.41, 5.74) is 1.03. The minimum atomic E-state index is 0.775. The molecule has 12 heavy (non-hydrogen) atoms. The maximum atomic E-state index is 4.94. The standard InChI is InChI=1S/C9H14N2O/c1-8-5-6-10-9(11-8)4-3-7-12-2/h5-6H,3-4,7H2,1-2H3. The number of ether oxygens (including phenoxy) is 1. The van der Waals surface area contributed by atoms with Crippen LogP contribution < -0.4 is 0 Å². The minimum absolute atomic E-state index is 0.775. The molecule has 0 unspecified atom stereocenters. The molecule has 1 aromatic heterocycles. The van der Waals surface area contributed by atoms with Crippen molar-refractivity contribution in [2.24, 2.45) is 0 Å². The van der Waals surface area contributed by atoms with Crippen molar-refractivity contribution in [2.45, 2.75) is 19.8 Å². The van der Waals surface area contributed by atoms with Gasteiger partial charge in [0, 0.05) is 32.0 Å². The normalized spacial score (nSPS) is 10.2. The third-order valence-corrected chi connectivity index (χ3v) is 1.59. The number of hydrogen-bond donors (Lipinski definition) is 0. The molecule has 0 saturated carbocycles. The van der Waals surface area contributed by atoms with Gasteiger partial charge in [-0.25, -0.2) is 9.97 Å². The van der Waals surface area contributed by atoms with Gasteiger partial charge in [0.15, 0.2) is 0 Å². The van der Waals surface area contributed by atoms with E-state index in [0.29, 0.717) is 0 Å². The van der Waals surface area contributed by atoms with E-state index in [4.69, 9.17) is 4.74 Å². The minimum Gasteiger partial charge on any atom is -0.385 e. The zero-order valence-corrected chi connectivity index (χ0v) is 7.58. The average molecular weight is 166 g/mol. The van der Waals surface area contributed by atoms with E-state index in [0.717, 1.165) is 31.0 Å². The lowest BCUT2D eigenvalue weighted by molar-refractivity contribution is 0.194. The molecule has 0 aliphatic carbocycles. The second kappa shape index (κ2) is 4.83. The zero-order chi connectivity index (χ0) is 8.81. The molecule has 3 nitrogen and oxygen atoms in total. The summed E-state index contributed by atoms with van der Waals surface area (Å²) in [5.74, 6) is 0.909. The van der Waals surface area contributed by atoms with Crippen LogP contribution in [0, 0.1) is 6.92 Å². The summed E-state index contributed by atoms with van der Waals surface area (Å²) in [7, 11) is 1.71. The van der Waals surface area contributed by atoms with E-state index in [1.54, 1.807) is 13.3 Å². The predicted octanol–water partition coefficient (Wildman–Crippen LogP) is 1.36. The zero-order valence-electron chi connectivity index (χ0n) is 7.58. The Morgan fingerprint density at radius 2 is 2.33 bits per heavy atom. The predicted molar refractivity (Wildman–Crippen MR) is 47.0 cm³/mol. The van der Waals surface area contributed by atoms with Crippen LogP contribution in [0.5, 0.6) is 0 Å². The SMILES string of the molecule is COCCCc1nccc(C)n1. The molecule has 3 heteroatoms. The van der Waals surface area contributed by atoms with E-state index in [2.05, 4.69) is 9.97 Å². The Labute approximate surface area is 72.8 Å². The Kier molecular flexibility index (Phi) is 3.67. The van der Waals surface area contributed by atoms with Crippen LogP contribution >= 0.6 is 0 Å². The van der Waals surface area contributed by atoms with Gasteiger partial charge in [0.2, 0.25) is 0 Å². The van der Waals surface area contributed by atoms with Gasteiger partial charge in [0.25, 0.3) is 0 Å². The lowest BCUT2D eigenvalue weighted by atomic mass is 10.3. The van der Waals surface area contributed by atoms with Crippen LogP contribution in [0.3, 0.4) is 0 Å². The highest BCUT2D eigenvalue weighted by Gasteiger charge is 1.95. The Bertz CT molecular complexity index is 238. The van der Waals surface area contributed by atoms with Crippen LogP contribution in [-0.4, -0.2) is 23.7 Å². The first-order valence-corrected chi connectivity index (χ1v) is 4.10. The molecule has 0 aromatic carbocycles. The quantitative estimate of drug-likeness (QED) is 0.633. The van der Waals surface area contributed by atoms with E-state index in [1.165, 1.54) is 0 Å². The van der Waals surface area contributed by atoms with Crippen LogP contribution in [-0.2, 0) is 11.2 Å². The smallest absolute Gasteiger partial charge is 0.128 e. The average Bonchev–Trinajstić information content (AvgIpc) is 2.05. The van der Waals surface area contributed by atoms with Gasteiger partial charge in [-0.2, -0.15) is 0 Å². The second-order valence-electron chi connectivity index (χ2n) is 2.71. The van der Waals surface area contributed by atoms with Gasteiger partial charge < -0.3 is 4.74 Å². The molecule has 0 atom stereocenters. The highest BCUT2D eigenvalue weighted by atomic mass is 16.5. The van der Waals surface area contributed by atoms with Crippen molar-refractivity contribution in [3.8, 4) is 0 Å². The number of hydrogen-bond acceptors (Lipinski definition) is 3. The molecule has 0 fully saturated rings. The number of methoxy groups -OCH3 is 1. The Morgan fingerprint density at radius 3 is 3.00 bits per heavy atom. The molecule has 1 rings (SSSR count). The molecule has 0 radical (unpaired) electrons. The van der Waals surface area contributed by atoms with Crippen molar-refractivity contribution in [1.29, 1.82) is 0 Å². The summed E-state index contributed by atoms with van der Waals surface area (Å²) < 4.78 is 4.94. The molecule has 0 saturated heterocycles. The topological polar surface area (TPSA) is 35.0 Å². The van der Waals surface area contributed by atoms with Crippen LogP contribution in [0.15, 0.2) is 12.3 Å². The highest BCUT2D eigenvalue weighted by Crippen LogP contribution is 1.97. The summed E-state index contributed by atoms with van der Waals surface area (Å²) >= 11 is 0. The molecule has 0 N–H and O–H groups in total. The first kappa shape index (κ1) is 9.13. The molecule has 0 aliphatic rings. The molecule has 0 amide bonds. The van der Waals surface area contributed by atoms with Crippen molar-refractivity contribution in [2.75, 3.05) is 13.7 Å². The van der Waals surface area contributed by atoms with Crippen molar-refractivity contribution in [3.63, 3.8) is 0 Å². The van der Waals surface area contributed by atoms with Gasteiger partial charge in [-0.3, -0.25) is 0 Å². The summed E-state index contributed by atoms with van der Waals surface area (Å²) in [6, 6.07) is 1.90. The van der Waals surface area contributed by atoms with Gasteiger partial charge >= 0.3 is 0 Å². The van der Waals surface area contributed by atoms with Crippen molar-refractivity contribution in [1.82, 2.24) is 9.97 Å². The third kappa shape index (κ3) is 2.96. The highest BCUT2D eigenvalue weighted by molar-refractivity contribution is 4.99. The molecule has 1 aromatic rings. The van der Waals surface area contributed by atoms with E-state index in [9.17, 15) is 0 Å². The molecule has 0 aliphatic heterocycles. The van der Waals surface area contributed by atoms with Crippen LogP contribution in [0.4, 0.5) is 0 Å². The van der Waals surface area contributed by atoms with Crippen LogP contribution in [0.2, 0.25) is 0 Å². The van der Waals surface area contributed by atoms with Crippen molar-refractivity contribution >= 4 is 0 Å². The summed E-state index contributed by atoms with van der Waals surface area (Å²) in [5, 5.41) is 0. The first-order valence-electron chi connectivity index (χ1n) is 4.10. The fourth-order valence-electron chi connectivity index (χ4n) is 0.996. The Hall–Kier alpha value is -0.960. The van der Waals surface area contributed by atoms with E-state index in [1.807, 2.05) is 13.0 Å². The molecule has 0 bridgehead atoms. The van der Waals surface area contributed by atoms with Gasteiger partial charge in [0.05, 0.1) is 0 Å². The number of rotatable bonds is 4. The van der Waals surface area contributed by atoms with Gasteiger partial charge in [0.1, 0.15) is 5.82 Å². The fourth-order valence-corrected chi connectivity index (χ4v) is 0.996. The second-order valence-corrected chi connectivity index (χ2v) is 2.71. The summed E-state index contributed by atoms with van der Waals surface area (Å²) in [6.45, 7) is 2.75. The van der Waals surface area contributed by atoms with Crippen molar-refractivity contribution in [3.05, 3.63) is 23.8 Å². The largest absolute Gasteiger partial charge is 0.385 e. The fraction of sp³-hybridized carbons (Fsp3) is 0.556. The maximum Gasteiger partial charge on any atom is 0.128 e. The van der Waals surface area contributed by atoms with E-state index in [-0.39, 0.29) is 0 Å². The maximum absolute atomic E-state index is 4.94. The monoisotopic (exact) mass is 166 g/mol. The Balaban J connectivity index is 2.41. The lowest BCUT2D eigenvalue weighted by Crippen LogP contribution is -1.98.